The van der Waals surface area contributed by atoms with E-state index in [1.54, 1.807) is 41.3 Å². The van der Waals surface area contributed by atoms with Crippen molar-refractivity contribution in [3.63, 3.8) is 0 Å². The maximum absolute atomic E-state index is 13.0. The third-order valence-electron chi connectivity index (χ3n) is 5.32. The zero-order chi connectivity index (χ0) is 26.5. The molecule has 0 aliphatic carbocycles. The van der Waals surface area contributed by atoms with Crippen LogP contribution in [0.3, 0.4) is 0 Å². The number of benzene rings is 3. The predicted molar refractivity (Wildman–Crippen MR) is 145 cm³/mol. The Kier molecular flexibility index (Phi) is 8.04. The number of aromatic carboxylic acids is 1. The summed E-state index contributed by atoms with van der Waals surface area (Å²) in [5.41, 5.74) is 2.15. The Morgan fingerprint density at radius 2 is 1.95 bits per heavy atom. The highest BCUT2D eigenvalue weighted by Gasteiger charge is 2.32. The number of carbonyl (C=O) groups is 2. The first kappa shape index (κ1) is 26.1. The lowest BCUT2D eigenvalue weighted by molar-refractivity contribution is -0.384. The van der Waals surface area contributed by atoms with Gasteiger partial charge in [-0.1, -0.05) is 12.1 Å². The molecule has 0 bridgehead atoms. The van der Waals surface area contributed by atoms with Crippen molar-refractivity contribution >= 4 is 62.2 Å². The van der Waals surface area contributed by atoms with Crippen molar-refractivity contribution in [1.82, 2.24) is 4.90 Å². The molecule has 37 heavy (non-hydrogen) atoms. The monoisotopic (exact) mass is 581 g/mol. The minimum Gasteiger partial charge on any atom is -0.488 e. The van der Waals surface area contributed by atoms with Gasteiger partial charge in [0.25, 0.3) is 11.6 Å². The molecule has 1 amide bonds. The molecule has 0 saturated carbocycles. The second kappa shape index (κ2) is 11.4. The van der Waals surface area contributed by atoms with E-state index < -0.39 is 10.9 Å². The number of nitrogens with zero attached hydrogens (tertiary/aromatic N) is 3. The third-order valence-corrected chi connectivity index (χ3v) is 6.94. The van der Waals surface area contributed by atoms with Crippen LogP contribution in [0.25, 0.3) is 6.08 Å². The summed E-state index contributed by atoms with van der Waals surface area (Å²) in [6.45, 7) is 2.50. The molecule has 11 heteroatoms. The van der Waals surface area contributed by atoms with Gasteiger partial charge in [-0.15, -0.1) is 0 Å². The number of rotatable bonds is 8. The highest BCUT2D eigenvalue weighted by atomic mass is 79.9. The van der Waals surface area contributed by atoms with Gasteiger partial charge in [0.15, 0.2) is 5.17 Å². The van der Waals surface area contributed by atoms with E-state index in [2.05, 4.69) is 20.9 Å². The number of aliphatic imine (C=N–C) groups is 1. The molecule has 0 atom stereocenters. The van der Waals surface area contributed by atoms with Crippen LogP contribution in [0.5, 0.6) is 5.75 Å². The number of non-ortho nitro benzene ring substituents is 1. The van der Waals surface area contributed by atoms with Crippen LogP contribution in [0, 0.1) is 10.1 Å². The van der Waals surface area contributed by atoms with Gasteiger partial charge in [-0.3, -0.25) is 19.8 Å². The number of likely N-dealkylation sites (N-methyl/N-ethyl adjacent to an activating group) is 1. The lowest BCUT2D eigenvalue weighted by Crippen LogP contribution is -2.28. The van der Waals surface area contributed by atoms with E-state index >= 15 is 0 Å². The molecule has 1 aliphatic heterocycles. The maximum Gasteiger partial charge on any atom is 0.335 e. The van der Waals surface area contributed by atoms with E-state index in [0.717, 1.165) is 11.1 Å². The van der Waals surface area contributed by atoms with E-state index in [9.17, 15) is 24.8 Å². The first-order chi connectivity index (χ1) is 17.7. The van der Waals surface area contributed by atoms with Crippen LogP contribution < -0.4 is 4.74 Å². The van der Waals surface area contributed by atoms with Crippen molar-refractivity contribution < 1.29 is 24.4 Å². The van der Waals surface area contributed by atoms with Crippen LogP contribution in [0.15, 0.2) is 81.1 Å². The van der Waals surface area contributed by atoms with Gasteiger partial charge in [0.2, 0.25) is 0 Å². The average Bonchev–Trinajstić information content (AvgIpc) is 3.17. The summed E-state index contributed by atoms with van der Waals surface area (Å²) in [5.74, 6) is -0.646. The molecule has 0 unspecified atom stereocenters. The fraction of sp³-hybridized carbons (Fsp3) is 0.115. The van der Waals surface area contributed by atoms with Gasteiger partial charge < -0.3 is 9.84 Å². The van der Waals surface area contributed by atoms with Gasteiger partial charge in [-0.05, 0) is 94.3 Å². The van der Waals surface area contributed by atoms with E-state index in [1.165, 1.54) is 36.0 Å². The smallest absolute Gasteiger partial charge is 0.335 e. The highest BCUT2D eigenvalue weighted by Crippen LogP contribution is 2.35. The van der Waals surface area contributed by atoms with Crippen LogP contribution in [0.1, 0.15) is 28.4 Å². The summed E-state index contributed by atoms with van der Waals surface area (Å²) in [7, 11) is 0. The van der Waals surface area contributed by atoms with Crippen molar-refractivity contribution in [3.8, 4) is 5.75 Å². The number of carboxylic acids is 1. The number of nitro benzene ring substituents is 1. The molecular formula is C26H20BrN3O6S. The highest BCUT2D eigenvalue weighted by molar-refractivity contribution is 9.10. The fourth-order valence-electron chi connectivity index (χ4n) is 3.44. The summed E-state index contributed by atoms with van der Waals surface area (Å²) in [4.78, 5) is 41.1. The summed E-state index contributed by atoms with van der Waals surface area (Å²) < 4.78 is 6.52. The Morgan fingerprint density at radius 1 is 1.19 bits per heavy atom. The second-order valence-corrected chi connectivity index (χ2v) is 9.68. The van der Waals surface area contributed by atoms with Crippen LogP contribution in [-0.4, -0.2) is 38.5 Å². The number of amidine groups is 1. The van der Waals surface area contributed by atoms with E-state index in [0.29, 0.717) is 32.5 Å². The number of hydrogen-bond donors (Lipinski definition) is 1. The van der Waals surface area contributed by atoms with Crippen molar-refractivity contribution in [3.05, 3.63) is 103 Å². The van der Waals surface area contributed by atoms with Gasteiger partial charge in [0.05, 0.1) is 25.6 Å². The lowest BCUT2D eigenvalue weighted by Gasteiger charge is -2.12. The number of thioether (sulfide) groups is 1. The number of amides is 1. The summed E-state index contributed by atoms with van der Waals surface area (Å²) in [6, 6.07) is 17.8. The maximum atomic E-state index is 13.0. The standard InChI is InChI=1S/C26H20BrN3O6S/c1-2-29-24(31)23(37-26(29)28-19-5-3-4-18(14-19)25(32)33)13-17-8-11-22(21(27)12-17)36-15-16-6-9-20(10-7-16)30(34)35/h3-14H,2,15H2,1H3,(H,32,33)/b23-13-,28-26?. The Morgan fingerprint density at radius 3 is 2.59 bits per heavy atom. The molecule has 4 rings (SSSR count). The molecule has 9 nitrogen and oxygen atoms in total. The van der Waals surface area contributed by atoms with Crippen molar-refractivity contribution in [2.24, 2.45) is 4.99 Å². The number of hydrogen-bond acceptors (Lipinski definition) is 7. The first-order valence-electron chi connectivity index (χ1n) is 11.0. The SMILES string of the molecule is CCN1C(=O)/C(=C/c2ccc(OCc3ccc([N+](=O)[O-])cc3)c(Br)c2)SC1=Nc1cccc(C(=O)O)c1. The molecule has 0 aromatic heterocycles. The largest absolute Gasteiger partial charge is 0.488 e. The average molecular weight is 582 g/mol. The molecule has 1 fully saturated rings. The first-order valence-corrected chi connectivity index (χ1v) is 12.6. The summed E-state index contributed by atoms with van der Waals surface area (Å²) in [6.07, 6.45) is 1.76. The second-order valence-electron chi connectivity index (χ2n) is 7.81. The van der Waals surface area contributed by atoms with Crippen LogP contribution in [-0.2, 0) is 11.4 Å². The third kappa shape index (κ3) is 6.25. The molecule has 1 saturated heterocycles. The number of carboxylic acid groups (broad SMARTS) is 1. The number of nitro groups is 1. The number of halogens is 1. The van der Waals surface area contributed by atoms with E-state index in [4.69, 9.17) is 4.74 Å². The van der Waals surface area contributed by atoms with Crippen molar-refractivity contribution in [2.75, 3.05) is 6.54 Å². The summed E-state index contributed by atoms with van der Waals surface area (Å²) in [5, 5.41) is 20.5. The van der Waals surface area contributed by atoms with E-state index in [-0.39, 0.29) is 23.8 Å². The van der Waals surface area contributed by atoms with Crippen LogP contribution >= 0.6 is 27.7 Å². The summed E-state index contributed by atoms with van der Waals surface area (Å²) >= 11 is 4.72. The Hall–Kier alpha value is -3.96. The molecule has 1 aliphatic rings. The van der Waals surface area contributed by atoms with Crippen molar-refractivity contribution in [2.45, 2.75) is 13.5 Å². The molecule has 3 aromatic rings. The van der Waals surface area contributed by atoms with Gasteiger partial charge in [0, 0.05) is 18.7 Å². The van der Waals surface area contributed by atoms with Gasteiger partial charge in [0.1, 0.15) is 12.4 Å². The number of ether oxygens (including phenoxy) is 1. The molecule has 0 radical (unpaired) electrons. The fourth-order valence-corrected chi connectivity index (χ4v) is 5.01. The molecule has 1 N–H and O–H groups in total. The van der Waals surface area contributed by atoms with Crippen LogP contribution in [0.4, 0.5) is 11.4 Å². The predicted octanol–water partition coefficient (Wildman–Crippen LogP) is 6.26. The Bertz CT molecular complexity index is 1440. The Balaban J connectivity index is 1.49. The van der Waals surface area contributed by atoms with Gasteiger partial charge in [-0.2, -0.15) is 0 Å². The normalized spacial score (nSPS) is 15.4. The lowest BCUT2D eigenvalue weighted by atomic mass is 10.2. The van der Waals surface area contributed by atoms with Gasteiger partial charge in [-0.25, -0.2) is 9.79 Å². The van der Waals surface area contributed by atoms with Crippen molar-refractivity contribution in [1.29, 1.82) is 0 Å². The molecule has 1 heterocycles. The van der Waals surface area contributed by atoms with Crippen LogP contribution in [0.2, 0.25) is 0 Å². The topological polar surface area (TPSA) is 122 Å². The van der Waals surface area contributed by atoms with Gasteiger partial charge >= 0.3 is 5.97 Å². The zero-order valence-electron chi connectivity index (χ0n) is 19.5. The van der Waals surface area contributed by atoms with E-state index in [1.807, 2.05) is 19.1 Å². The minimum absolute atomic E-state index is 0.0188. The Labute approximate surface area is 224 Å². The minimum atomic E-state index is -1.05. The number of carbonyl (C=O) groups excluding carboxylic acids is 1. The molecule has 188 valence electrons. The molecule has 0 spiro atoms. The quantitative estimate of drug-likeness (QED) is 0.189. The zero-order valence-corrected chi connectivity index (χ0v) is 21.9. The molecular weight excluding hydrogens is 562 g/mol. The molecule has 3 aromatic carbocycles.